The number of benzene rings is 1. The fraction of sp³-hybridized carbons (Fsp3) is 0.143. The summed E-state index contributed by atoms with van der Waals surface area (Å²) in [6.07, 6.45) is 0. The maximum Gasteiger partial charge on any atom is 1.00 e. The van der Waals surface area contributed by atoms with E-state index in [9.17, 15) is 13.0 Å². The third-order valence-electron chi connectivity index (χ3n) is 1.39. The van der Waals surface area contributed by atoms with Crippen LogP contribution in [-0.2, 0) is 15.4 Å². The van der Waals surface area contributed by atoms with Gasteiger partial charge in [0.25, 0.3) is 0 Å². The SMILES string of the molecule is O=S(=O)([O-])c1ccccc1CBr.[Na+]. The summed E-state index contributed by atoms with van der Waals surface area (Å²) in [5, 5.41) is 0.366. The Balaban J connectivity index is 0.00000144. The van der Waals surface area contributed by atoms with Crippen LogP contribution in [0.2, 0.25) is 0 Å². The summed E-state index contributed by atoms with van der Waals surface area (Å²) in [6, 6.07) is 6.11. The third kappa shape index (κ3) is 3.69. The molecule has 13 heavy (non-hydrogen) atoms. The molecule has 0 amide bonds. The Kier molecular flexibility index (Phi) is 5.74. The van der Waals surface area contributed by atoms with Gasteiger partial charge in [0.05, 0.1) is 4.90 Å². The fourth-order valence-corrected chi connectivity index (χ4v) is 2.24. The van der Waals surface area contributed by atoms with Crippen molar-refractivity contribution >= 4 is 26.0 Å². The van der Waals surface area contributed by atoms with Gasteiger partial charge in [0.15, 0.2) is 0 Å². The minimum atomic E-state index is -4.33. The smallest absolute Gasteiger partial charge is 0.744 e. The molecule has 0 atom stereocenters. The van der Waals surface area contributed by atoms with Gasteiger partial charge in [0.2, 0.25) is 0 Å². The average Bonchev–Trinajstić information content (AvgIpc) is 2.03. The minimum Gasteiger partial charge on any atom is -0.744 e. The van der Waals surface area contributed by atoms with Gasteiger partial charge < -0.3 is 4.55 Å². The number of alkyl halides is 1. The molecule has 1 aromatic carbocycles. The van der Waals surface area contributed by atoms with Gasteiger partial charge in [0, 0.05) is 5.33 Å². The average molecular weight is 273 g/mol. The van der Waals surface area contributed by atoms with Crippen molar-refractivity contribution in [1.29, 1.82) is 0 Å². The van der Waals surface area contributed by atoms with E-state index in [0.717, 1.165) is 0 Å². The fourth-order valence-electron chi connectivity index (χ4n) is 0.858. The van der Waals surface area contributed by atoms with Crippen LogP contribution < -0.4 is 29.6 Å². The summed E-state index contributed by atoms with van der Waals surface area (Å²) in [4.78, 5) is -0.151. The Hall–Kier alpha value is 0.610. The molecule has 3 nitrogen and oxygen atoms in total. The Morgan fingerprint density at radius 1 is 1.31 bits per heavy atom. The molecule has 6 heteroatoms. The first-order valence-corrected chi connectivity index (χ1v) is 5.68. The van der Waals surface area contributed by atoms with E-state index in [1.807, 2.05) is 0 Å². The molecule has 66 valence electrons. The molecule has 1 aromatic rings. The van der Waals surface area contributed by atoms with Gasteiger partial charge in [-0.15, -0.1) is 0 Å². The van der Waals surface area contributed by atoms with Gasteiger partial charge >= 0.3 is 29.6 Å². The van der Waals surface area contributed by atoms with Gasteiger partial charge in [-0.2, -0.15) is 0 Å². The van der Waals surface area contributed by atoms with E-state index in [0.29, 0.717) is 10.9 Å². The molecule has 0 heterocycles. The summed E-state index contributed by atoms with van der Waals surface area (Å²) in [5.41, 5.74) is 0.493. The second-order valence-corrected chi connectivity index (χ2v) is 4.10. The first-order chi connectivity index (χ1) is 5.55. The molecular formula is C7H6BrNaO3S. The van der Waals surface area contributed by atoms with Crippen molar-refractivity contribution in [3.05, 3.63) is 29.8 Å². The largest absolute Gasteiger partial charge is 1.00 e. The van der Waals surface area contributed by atoms with E-state index in [1.165, 1.54) is 12.1 Å². The first kappa shape index (κ1) is 13.6. The van der Waals surface area contributed by atoms with Crippen molar-refractivity contribution in [2.75, 3.05) is 0 Å². The van der Waals surface area contributed by atoms with Crippen LogP contribution in [0.25, 0.3) is 0 Å². The molecular weight excluding hydrogens is 267 g/mol. The molecule has 0 unspecified atom stereocenters. The van der Waals surface area contributed by atoms with Crippen LogP contribution in [0.3, 0.4) is 0 Å². The van der Waals surface area contributed by atoms with Crippen LogP contribution in [0.4, 0.5) is 0 Å². The monoisotopic (exact) mass is 272 g/mol. The molecule has 0 spiro atoms. The van der Waals surface area contributed by atoms with E-state index < -0.39 is 10.1 Å². The quantitative estimate of drug-likeness (QED) is 0.374. The predicted octanol–water partition coefficient (Wildman–Crippen LogP) is -1.51. The molecule has 0 saturated heterocycles. The second kappa shape index (κ2) is 5.48. The Morgan fingerprint density at radius 2 is 1.85 bits per heavy atom. The Bertz CT molecular complexity index is 377. The van der Waals surface area contributed by atoms with Crippen LogP contribution in [-0.4, -0.2) is 13.0 Å². The van der Waals surface area contributed by atoms with E-state index in [1.54, 1.807) is 12.1 Å². The zero-order chi connectivity index (χ0) is 9.19. The van der Waals surface area contributed by atoms with E-state index in [2.05, 4.69) is 15.9 Å². The number of hydrogen-bond acceptors (Lipinski definition) is 3. The van der Waals surface area contributed by atoms with Crippen molar-refractivity contribution in [2.45, 2.75) is 10.2 Å². The molecule has 0 fully saturated rings. The van der Waals surface area contributed by atoms with E-state index in [-0.39, 0.29) is 34.5 Å². The van der Waals surface area contributed by atoms with Crippen LogP contribution in [0, 0.1) is 0 Å². The summed E-state index contributed by atoms with van der Waals surface area (Å²) in [5.74, 6) is 0. The molecule has 0 radical (unpaired) electrons. The molecule has 0 aromatic heterocycles. The topological polar surface area (TPSA) is 57.2 Å². The Labute approximate surface area is 108 Å². The van der Waals surface area contributed by atoms with Crippen molar-refractivity contribution in [3.63, 3.8) is 0 Å². The Morgan fingerprint density at radius 3 is 2.23 bits per heavy atom. The molecule has 0 aliphatic heterocycles. The number of halogens is 1. The third-order valence-corrected chi connectivity index (χ3v) is 2.93. The zero-order valence-corrected chi connectivity index (χ0v) is 11.4. The molecule has 0 bridgehead atoms. The van der Waals surface area contributed by atoms with Crippen LogP contribution in [0.5, 0.6) is 0 Å². The molecule has 1 rings (SSSR count). The summed E-state index contributed by atoms with van der Waals surface area (Å²) in [7, 11) is -4.33. The maximum atomic E-state index is 10.6. The van der Waals surface area contributed by atoms with E-state index in [4.69, 9.17) is 0 Å². The van der Waals surface area contributed by atoms with Crippen molar-refractivity contribution in [3.8, 4) is 0 Å². The summed E-state index contributed by atoms with van der Waals surface area (Å²) < 4.78 is 31.9. The molecule has 0 saturated carbocycles. The van der Waals surface area contributed by atoms with Gasteiger partial charge in [-0.3, -0.25) is 0 Å². The molecule has 0 aliphatic carbocycles. The predicted molar refractivity (Wildman–Crippen MR) is 47.0 cm³/mol. The number of hydrogen-bond donors (Lipinski definition) is 0. The minimum absolute atomic E-state index is 0. The summed E-state index contributed by atoms with van der Waals surface area (Å²) >= 11 is 3.10. The van der Waals surface area contributed by atoms with E-state index >= 15 is 0 Å². The second-order valence-electron chi connectivity index (χ2n) is 2.20. The van der Waals surface area contributed by atoms with Gasteiger partial charge in [0.1, 0.15) is 10.1 Å². The van der Waals surface area contributed by atoms with Crippen molar-refractivity contribution < 1.29 is 42.5 Å². The standard InChI is InChI=1S/C7H7BrO3S.Na/c8-5-6-3-1-2-4-7(6)12(9,10)11;/h1-4H,5H2,(H,9,10,11);/q;+1/p-1. The van der Waals surface area contributed by atoms with Gasteiger partial charge in [-0.1, -0.05) is 34.1 Å². The summed E-state index contributed by atoms with van der Waals surface area (Å²) in [6.45, 7) is 0. The van der Waals surface area contributed by atoms with Gasteiger partial charge in [-0.05, 0) is 11.6 Å². The number of rotatable bonds is 2. The molecule has 0 N–H and O–H groups in total. The first-order valence-electron chi connectivity index (χ1n) is 3.15. The maximum absolute atomic E-state index is 10.6. The van der Waals surface area contributed by atoms with Gasteiger partial charge in [-0.25, -0.2) is 8.42 Å². The van der Waals surface area contributed by atoms with Crippen molar-refractivity contribution in [1.82, 2.24) is 0 Å². The normalized spacial score (nSPS) is 10.6. The van der Waals surface area contributed by atoms with Crippen LogP contribution >= 0.6 is 15.9 Å². The van der Waals surface area contributed by atoms with Crippen LogP contribution in [0.1, 0.15) is 5.56 Å². The van der Waals surface area contributed by atoms with Crippen molar-refractivity contribution in [2.24, 2.45) is 0 Å². The van der Waals surface area contributed by atoms with Crippen LogP contribution in [0.15, 0.2) is 29.2 Å². The molecule has 0 aliphatic rings. The zero-order valence-electron chi connectivity index (χ0n) is 7.03.